The van der Waals surface area contributed by atoms with Crippen molar-refractivity contribution < 1.29 is 14.3 Å². The minimum absolute atomic E-state index is 0.113. The van der Waals surface area contributed by atoms with Crippen molar-refractivity contribution in [1.29, 1.82) is 0 Å². The predicted octanol–water partition coefficient (Wildman–Crippen LogP) is 3.93. The number of benzene rings is 2. The van der Waals surface area contributed by atoms with Gasteiger partial charge in [0.25, 0.3) is 5.91 Å². The highest BCUT2D eigenvalue weighted by Crippen LogP contribution is 2.27. The quantitative estimate of drug-likeness (QED) is 0.719. The maximum Gasteiger partial charge on any atom is 0.261 e. The van der Waals surface area contributed by atoms with E-state index in [0.717, 1.165) is 0 Å². The molecule has 0 saturated heterocycles. The number of ether oxygens (including phenoxy) is 1. The lowest BCUT2D eigenvalue weighted by Crippen LogP contribution is -2.49. The lowest BCUT2D eigenvalue weighted by Gasteiger charge is -2.30. The minimum Gasteiger partial charge on any atom is -0.484 e. The van der Waals surface area contributed by atoms with E-state index in [4.69, 9.17) is 27.9 Å². The van der Waals surface area contributed by atoms with Crippen molar-refractivity contribution in [3.05, 3.63) is 64.1 Å². The summed E-state index contributed by atoms with van der Waals surface area (Å²) < 4.78 is 5.57. The zero-order valence-electron chi connectivity index (χ0n) is 15.2. The molecule has 2 aromatic rings. The number of halogens is 2. The van der Waals surface area contributed by atoms with Crippen LogP contribution in [0.5, 0.6) is 5.75 Å². The Hall–Kier alpha value is -2.24. The normalized spacial score (nSPS) is 11.6. The summed E-state index contributed by atoms with van der Waals surface area (Å²) in [6, 6.07) is 13.5. The molecule has 7 heteroatoms. The lowest BCUT2D eigenvalue weighted by molar-refractivity contribution is -0.142. The highest BCUT2D eigenvalue weighted by molar-refractivity contribution is 6.36. The van der Waals surface area contributed by atoms with Gasteiger partial charge in [0.2, 0.25) is 5.91 Å². The molecule has 0 radical (unpaired) electrons. The number of amides is 2. The fourth-order valence-corrected chi connectivity index (χ4v) is 3.20. The maximum absolute atomic E-state index is 12.9. The van der Waals surface area contributed by atoms with E-state index in [9.17, 15) is 9.59 Å². The third-order valence-corrected chi connectivity index (χ3v) is 4.84. The number of hydrogen-bond donors (Lipinski definition) is 1. The number of para-hydroxylation sites is 1. The Morgan fingerprint density at radius 3 is 2.26 bits per heavy atom. The first-order valence-corrected chi connectivity index (χ1v) is 9.35. The molecule has 0 saturated carbocycles. The molecule has 0 aliphatic carbocycles. The third kappa shape index (κ3) is 5.62. The molecule has 2 rings (SSSR count). The molecule has 0 spiro atoms. The average Bonchev–Trinajstić information content (AvgIpc) is 2.68. The first-order valence-electron chi connectivity index (χ1n) is 8.59. The van der Waals surface area contributed by atoms with Gasteiger partial charge in [-0.2, -0.15) is 0 Å². The number of hydrogen-bond acceptors (Lipinski definition) is 3. The summed E-state index contributed by atoms with van der Waals surface area (Å²) in [4.78, 5) is 26.7. The first-order chi connectivity index (χ1) is 13.0. The molecular weight excluding hydrogens is 387 g/mol. The van der Waals surface area contributed by atoms with E-state index in [2.05, 4.69) is 5.32 Å². The van der Waals surface area contributed by atoms with Gasteiger partial charge < -0.3 is 15.0 Å². The Bertz CT molecular complexity index is 764. The van der Waals surface area contributed by atoms with E-state index in [1.807, 2.05) is 25.1 Å². The second-order valence-electron chi connectivity index (χ2n) is 5.86. The minimum atomic E-state index is -0.658. The summed E-state index contributed by atoms with van der Waals surface area (Å²) in [6.07, 6.45) is 0.443. The second-order valence-corrected chi connectivity index (χ2v) is 6.68. The van der Waals surface area contributed by atoms with Crippen LogP contribution in [0.3, 0.4) is 0 Å². The molecule has 1 atom stereocenters. The van der Waals surface area contributed by atoms with Gasteiger partial charge in [0.05, 0.1) is 0 Å². The Morgan fingerprint density at radius 2 is 1.70 bits per heavy atom. The summed E-state index contributed by atoms with van der Waals surface area (Å²) in [7, 11) is 1.54. The van der Waals surface area contributed by atoms with E-state index in [0.29, 0.717) is 27.8 Å². The van der Waals surface area contributed by atoms with Gasteiger partial charge in [-0.1, -0.05) is 54.4 Å². The van der Waals surface area contributed by atoms with Crippen LogP contribution < -0.4 is 10.1 Å². The van der Waals surface area contributed by atoms with Gasteiger partial charge in [0.15, 0.2) is 6.61 Å². The van der Waals surface area contributed by atoms with E-state index < -0.39 is 6.04 Å². The SMILES string of the molecule is CC[C@@H](C(=O)NC)N(Cc1c(Cl)cccc1Cl)C(=O)COc1ccccc1. The molecule has 144 valence electrons. The Morgan fingerprint density at radius 1 is 1.07 bits per heavy atom. The predicted molar refractivity (Wildman–Crippen MR) is 107 cm³/mol. The van der Waals surface area contributed by atoms with Crippen molar-refractivity contribution in [3.63, 3.8) is 0 Å². The molecule has 0 aromatic heterocycles. The standard InChI is InChI=1S/C20H22Cl2N2O3/c1-3-18(20(26)23-2)24(12-15-16(21)10-7-11-17(15)22)19(25)13-27-14-8-5-4-6-9-14/h4-11,18H,3,12-13H2,1-2H3,(H,23,26)/t18-/m0/s1. The van der Waals surface area contributed by atoms with Gasteiger partial charge in [0.1, 0.15) is 11.8 Å². The number of nitrogens with zero attached hydrogens (tertiary/aromatic N) is 1. The molecule has 1 N–H and O–H groups in total. The molecule has 2 aromatic carbocycles. The van der Waals surface area contributed by atoms with Crippen molar-refractivity contribution in [1.82, 2.24) is 10.2 Å². The van der Waals surface area contributed by atoms with Crippen LogP contribution in [0.2, 0.25) is 10.0 Å². The number of likely N-dealkylation sites (N-methyl/N-ethyl adjacent to an activating group) is 1. The summed E-state index contributed by atoms with van der Waals surface area (Å²) >= 11 is 12.5. The monoisotopic (exact) mass is 408 g/mol. The van der Waals surface area contributed by atoms with Crippen molar-refractivity contribution >= 4 is 35.0 Å². The van der Waals surface area contributed by atoms with Gasteiger partial charge in [-0.05, 0) is 30.7 Å². The Balaban J connectivity index is 2.25. The van der Waals surface area contributed by atoms with Crippen LogP contribution in [-0.2, 0) is 16.1 Å². The summed E-state index contributed by atoms with van der Waals surface area (Å²) in [5, 5.41) is 3.48. The Labute approximate surface area is 169 Å². The Kier molecular flexibility index (Phi) is 7.95. The maximum atomic E-state index is 12.9. The molecule has 27 heavy (non-hydrogen) atoms. The van der Waals surface area contributed by atoms with Crippen molar-refractivity contribution in [3.8, 4) is 5.75 Å². The van der Waals surface area contributed by atoms with Crippen LogP contribution >= 0.6 is 23.2 Å². The molecule has 0 bridgehead atoms. The van der Waals surface area contributed by atoms with Crippen LogP contribution in [0.25, 0.3) is 0 Å². The third-order valence-electron chi connectivity index (χ3n) is 4.13. The zero-order valence-corrected chi connectivity index (χ0v) is 16.8. The van der Waals surface area contributed by atoms with Crippen molar-refractivity contribution in [2.24, 2.45) is 0 Å². The van der Waals surface area contributed by atoms with Crippen molar-refractivity contribution in [2.45, 2.75) is 25.9 Å². The second kappa shape index (κ2) is 10.2. The molecule has 5 nitrogen and oxygen atoms in total. The molecule has 2 amide bonds. The zero-order chi connectivity index (χ0) is 19.8. The first kappa shape index (κ1) is 21.1. The van der Waals surface area contributed by atoms with E-state index in [-0.39, 0.29) is 25.0 Å². The summed E-state index contributed by atoms with van der Waals surface area (Å²) in [5.74, 6) is -0.00593. The number of carbonyl (C=O) groups excluding carboxylic acids is 2. The smallest absolute Gasteiger partial charge is 0.261 e. The van der Waals surface area contributed by atoms with Gasteiger partial charge >= 0.3 is 0 Å². The fraction of sp³-hybridized carbons (Fsp3) is 0.300. The van der Waals surface area contributed by atoms with Crippen LogP contribution in [0.15, 0.2) is 48.5 Å². The number of carbonyl (C=O) groups is 2. The van der Waals surface area contributed by atoms with Gasteiger partial charge in [-0.15, -0.1) is 0 Å². The van der Waals surface area contributed by atoms with Gasteiger partial charge in [0, 0.05) is 29.2 Å². The van der Waals surface area contributed by atoms with E-state index in [1.54, 1.807) is 30.3 Å². The van der Waals surface area contributed by atoms with Crippen LogP contribution in [0.1, 0.15) is 18.9 Å². The largest absolute Gasteiger partial charge is 0.484 e. The topological polar surface area (TPSA) is 58.6 Å². The highest BCUT2D eigenvalue weighted by Gasteiger charge is 2.29. The number of rotatable bonds is 8. The average molecular weight is 409 g/mol. The highest BCUT2D eigenvalue weighted by atomic mass is 35.5. The van der Waals surface area contributed by atoms with Crippen LogP contribution in [-0.4, -0.2) is 36.4 Å². The molecular formula is C20H22Cl2N2O3. The van der Waals surface area contributed by atoms with Crippen LogP contribution in [0.4, 0.5) is 0 Å². The van der Waals surface area contributed by atoms with Crippen molar-refractivity contribution in [2.75, 3.05) is 13.7 Å². The molecule has 0 aliphatic rings. The molecule has 0 fully saturated rings. The fourth-order valence-electron chi connectivity index (χ4n) is 2.68. The summed E-state index contributed by atoms with van der Waals surface area (Å²) in [5.41, 5.74) is 0.594. The molecule has 0 heterocycles. The van der Waals surface area contributed by atoms with Gasteiger partial charge in [-0.3, -0.25) is 9.59 Å². The van der Waals surface area contributed by atoms with E-state index in [1.165, 1.54) is 11.9 Å². The van der Waals surface area contributed by atoms with Gasteiger partial charge in [-0.25, -0.2) is 0 Å². The summed E-state index contributed by atoms with van der Waals surface area (Å²) in [6.45, 7) is 1.76. The van der Waals surface area contributed by atoms with E-state index >= 15 is 0 Å². The molecule has 0 unspecified atom stereocenters. The number of nitrogens with one attached hydrogen (secondary N) is 1. The lowest BCUT2D eigenvalue weighted by atomic mass is 10.1. The van der Waals surface area contributed by atoms with Crippen LogP contribution in [0, 0.1) is 0 Å². The molecule has 0 aliphatic heterocycles.